The molecule has 174 valence electrons. The van der Waals surface area contributed by atoms with Gasteiger partial charge in [-0.1, -0.05) is 6.07 Å². The number of aromatic nitrogens is 1. The first-order valence-electron chi connectivity index (χ1n) is 10.8. The van der Waals surface area contributed by atoms with Crippen LogP contribution in [0, 0.1) is 0 Å². The minimum absolute atomic E-state index is 0.0298. The van der Waals surface area contributed by atoms with Crippen LogP contribution in [0.2, 0.25) is 0 Å². The van der Waals surface area contributed by atoms with E-state index in [1.807, 2.05) is 0 Å². The predicted molar refractivity (Wildman–Crippen MR) is 120 cm³/mol. The number of carbonyl (C=O) groups is 2. The van der Waals surface area contributed by atoms with Gasteiger partial charge in [0.1, 0.15) is 5.76 Å². The Morgan fingerprint density at radius 2 is 1.88 bits per heavy atom. The zero-order valence-electron chi connectivity index (χ0n) is 18.7. The molecule has 2 aliphatic heterocycles. The molecule has 0 spiro atoms. The van der Waals surface area contributed by atoms with E-state index in [4.69, 9.17) is 14.2 Å². The van der Waals surface area contributed by atoms with Gasteiger partial charge >= 0.3 is 0 Å². The summed E-state index contributed by atoms with van der Waals surface area (Å²) in [5.41, 5.74) is 1.04. The van der Waals surface area contributed by atoms with Crippen LogP contribution in [-0.2, 0) is 14.3 Å². The third-order valence-corrected chi connectivity index (χ3v) is 5.96. The number of Topliss-reactive ketones (excluding diaryl/α,β-unsaturated/α-hetero) is 1. The Balaban J connectivity index is 1.73. The lowest BCUT2D eigenvalue weighted by Crippen LogP contribution is -2.42. The number of likely N-dealkylation sites (tertiary alicyclic amines) is 1. The van der Waals surface area contributed by atoms with Crippen molar-refractivity contribution in [3.8, 4) is 11.5 Å². The summed E-state index contributed by atoms with van der Waals surface area (Å²) in [5, 5.41) is 11.2. The first kappa shape index (κ1) is 22.8. The number of amides is 1. The molecule has 3 heterocycles. The minimum Gasteiger partial charge on any atom is -0.507 e. The topological polar surface area (TPSA) is 101 Å². The van der Waals surface area contributed by atoms with Crippen molar-refractivity contribution in [3.63, 3.8) is 0 Å². The van der Waals surface area contributed by atoms with E-state index >= 15 is 0 Å². The molecule has 0 unspecified atom stereocenters. The van der Waals surface area contributed by atoms with Gasteiger partial charge in [0.25, 0.3) is 11.7 Å². The summed E-state index contributed by atoms with van der Waals surface area (Å²) in [6, 6.07) is 7.64. The van der Waals surface area contributed by atoms with Crippen molar-refractivity contribution in [1.82, 2.24) is 14.8 Å². The largest absolute Gasteiger partial charge is 0.507 e. The zero-order chi connectivity index (χ0) is 23.4. The number of ketones is 1. The molecule has 33 heavy (non-hydrogen) atoms. The molecule has 2 aromatic rings. The van der Waals surface area contributed by atoms with Gasteiger partial charge in [-0.3, -0.25) is 19.5 Å². The van der Waals surface area contributed by atoms with E-state index in [-0.39, 0.29) is 11.3 Å². The van der Waals surface area contributed by atoms with E-state index in [1.54, 1.807) is 42.7 Å². The molecule has 2 fully saturated rings. The highest BCUT2D eigenvalue weighted by Crippen LogP contribution is 2.40. The maximum atomic E-state index is 13.1. The number of hydrogen-bond donors (Lipinski definition) is 1. The fourth-order valence-electron chi connectivity index (χ4n) is 4.21. The maximum Gasteiger partial charge on any atom is 0.295 e. The highest BCUT2D eigenvalue weighted by Gasteiger charge is 2.46. The molecule has 9 nitrogen and oxygen atoms in total. The van der Waals surface area contributed by atoms with Gasteiger partial charge in [0.15, 0.2) is 11.5 Å². The van der Waals surface area contributed by atoms with Gasteiger partial charge in [0.2, 0.25) is 0 Å². The van der Waals surface area contributed by atoms with Crippen LogP contribution in [0.4, 0.5) is 0 Å². The Morgan fingerprint density at radius 3 is 2.55 bits per heavy atom. The van der Waals surface area contributed by atoms with Gasteiger partial charge in [-0.2, -0.15) is 0 Å². The quantitative estimate of drug-likeness (QED) is 0.385. The van der Waals surface area contributed by atoms with Gasteiger partial charge < -0.3 is 24.2 Å². The number of morpholine rings is 1. The second kappa shape index (κ2) is 10.0. The highest BCUT2D eigenvalue weighted by atomic mass is 16.5. The molecule has 9 heteroatoms. The summed E-state index contributed by atoms with van der Waals surface area (Å²) in [4.78, 5) is 34.0. The number of methoxy groups -OCH3 is 2. The van der Waals surface area contributed by atoms with Gasteiger partial charge in [-0.05, 0) is 29.8 Å². The lowest BCUT2D eigenvalue weighted by atomic mass is 9.96. The molecule has 1 atom stereocenters. The summed E-state index contributed by atoms with van der Waals surface area (Å²) in [6.07, 6.45) is 3.23. The fraction of sp³-hybridized carbons (Fsp3) is 0.375. The molecule has 1 aromatic carbocycles. The molecule has 0 bridgehead atoms. The molecule has 0 aliphatic carbocycles. The van der Waals surface area contributed by atoms with Crippen LogP contribution < -0.4 is 9.47 Å². The van der Waals surface area contributed by atoms with E-state index < -0.39 is 17.7 Å². The number of benzene rings is 1. The van der Waals surface area contributed by atoms with Crippen molar-refractivity contribution in [3.05, 3.63) is 59.4 Å². The summed E-state index contributed by atoms with van der Waals surface area (Å²) >= 11 is 0. The SMILES string of the molecule is COc1ccc(C(O)=C2C(=O)C(=O)N(CCN3CCOCC3)[C@@H]2c2cccnc2)cc1OC. The van der Waals surface area contributed by atoms with Gasteiger partial charge in [0.05, 0.1) is 39.0 Å². The maximum absolute atomic E-state index is 13.1. The van der Waals surface area contributed by atoms with E-state index in [1.165, 1.54) is 19.1 Å². The number of aliphatic hydroxyl groups is 1. The van der Waals surface area contributed by atoms with E-state index in [2.05, 4.69) is 9.88 Å². The molecular formula is C24H27N3O6. The van der Waals surface area contributed by atoms with E-state index in [9.17, 15) is 14.7 Å². The second-order valence-corrected chi connectivity index (χ2v) is 7.80. The van der Waals surface area contributed by atoms with Gasteiger partial charge in [-0.15, -0.1) is 0 Å². The summed E-state index contributed by atoms with van der Waals surface area (Å²) < 4.78 is 16.0. The van der Waals surface area contributed by atoms with E-state index in [0.717, 1.165) is 13.1 Å². The minimum atomic E-state index is -0.743. The number of rotatable bonds is 7. The number of hydrogen-bond acceptors (Lipinski definition) is 8. The predicted octanol–water partition coefficient (Wildman–Crippen LogP) is 1.85. The molecule has 0 radical (unpaired) electrons. The molecule has 1 N–H and O–H groups in total. The molecule has 2 aliphatic rings. The number of ether oxygens (including phenoxy) is 3. The number of carbonyl (C=O) groups excluding carboxylic acids is 2. The van der Waals surface area contributed by atoms with Crippen LogP contribution in [0.25, 0.3) is 5.76 Å². The lowest BCUT2D eigenvalue weighted by molar-refractivity contribution is -0.140. The molecule has 2 saturated heterocycles. The Labute approximate surface area is 192 Å². The van der Waals surface area contributed by atoms with Gasteiger partial charge in [-0.25, -0.2) is 0 Å². The Hall–Kier alpha value is -3.43. The number of nitrogens with zero attached hydrogens (tertiary/aromatic N) is 3. The molecule has 0 saturated carbocycles. The Morgan fingerprint density at radius 1 is 1.12 bits per heavy atom. The highest BCUT2D eigenvalue weighted by molar-refractivity contribution is 6.46. The van der Waals surface area contributed by atoms with Gasteiger partial charge in [0, 0.05) is 44.1 Å². The summed E-state index contributed by atoms with van der Waals surface area (Å²) in [5.74, 6) is -0.737. The Kier molecular flexibility index (Phi) is 6.90. The van der Waals surface area contributed by atoms with Crippen LogP contribution >= 0.6 is 0 Å². The van der Waals surface area contributed by atoms with Crippen molar-refractivity contribution in [2.45, 2.75) is 6.04 Å². The summed E-state index contributed by atoms with van der Waals surface area (Å²) in [6.45, 7) is 3.77. The molecule has 1 aromatic heterocycles. The average molecular weight is 453 g/mol. The Bertz CT molecular complexity index is 1050. The van der Waals surface area contributed by atoms with Crippen molar-refractivity contribution >= 4 is 17.4 Å². The monoisotopic (exact) mass is 453 g/mol. The zero-order valence-corrected chi connectivity index (χ0v) is 18.7. The number of pyridine rings is 1. The van der Waals surface area contributed by atoms with Crippen LogP contribution in [0.5, 0.6) is 11.5 Å². The van der Waals surface area contributed by atoms with Crippen LogP contribution in [0.15, 0.2) is 48.3 Å². The summed E-state index contributed by atoms with van der Waals surface area (Å²) in [7, 11) is 3.00. The van der Waals surface area contributed by atoms with Crippen LogP contribution in [0.1, 0.15) is 17.2 Å². The average Bonchev–Trinajstić information content (AvgIpc) is 3.12. The molecule has 4 rings (SSSR count). The first-order chi connectivity index (χ1) is 16.0. The van der Waals surface area contributed by atoms with Crippen molar-refractivity contribution in [2.24, 2.45) is 0 Å². The van der Waals surface area contributed by atoms with Crippen LogP contribution in [0.3, 0.4) is 0 Å². The van der Waals surface area contributed by atoms with E-state index in [0.29, 0.717) is 48.9 Å². The number of aliphatic hydroxyl groups excluding tert-OH is 1. The molecular weight excluding hydrogens is 426 g/mol. The smallest absolute Gasteiger partial charge is 0.295 e. The van der Waals surface area contributed by atoms with Crippen molar-refractivity contribution in [2.75, 3.05) is 53.6 Å². The second-order valence-electron chi connectivity index (χ2n) is 7.80. The normalized spacial score (nSPS) is 20.8. The fourth-order valence-corrected chi connectivity index (χ4v) is 4.21. The third-order valence-electron chi connectivity index (χ3n) is 5.96. The first-order valence-corrected chi connectivity index (χ1v) is 10.8. The van der Waals surface area contributed by atoms with Crippen LogP contribution in [-0.4, -0.2) is 85.2 Å². The lowest BCUT2D eigenvalue weighted by Gasteiger charge is -2.30. The molecule has 1 amide bonds. The van der Waals surface area contributed by atoms with Crippen molar-refractivity contribution in [1.29, 1.82) is 0 Å². The standard InChI is InChI=1S/C24H27N3O6/c1-31-18-6-5-16(14-19(18)32-2)22(28)20-21(17-4-3-7-25-15-17)27(24(30)23(20)29)9-8-26-10-12-33-13-11-26/h3-7,14-15,21,28H,8-13H2,1-2H3/t21-/m1/s1. The van der Waals surface area contributed by atoms with Crippen molar-refractivity contribution < 1.29 is 28.9 Å². The third kappa shape index (κ3) is 4.55.